The number of carbonyl (C=O) groups is 1. The number of nitrogens with one attached hydrogen (secondary N) is 1. The van der Waals surface area contributed by atoms with Gasteiger partial charge in [0.15, 0.2) is 5.58 Å². The fraction of sp³-hybridized carbons (Fsp3) is 0.0476. The van der Waals surface area contributed by atoms with E-state index in [-0.39, 0.29) is 5.91 Å². The first-order valence-electron chi connectivity index (χ1n) is 8.23. The fourth-order valence-corrected chi connectivity index (χ4v) is 3.07. The fourth-order valence-electron chi connectivity index (χ4n) is 2.69. The number of fused-ring (bicyclic) bond motifs is 1. The summed E-state index contributed by atoms with van der Waals surface area (Å²) in [5.41, 5.74) is 4.26. The Labute approximate surface area is 165 Å². The van der Waals surface area contributed by atoms with Gasteiger partial charge in [-0.1, -0.05) is 40.9 Å². The molecule has 3 aromatic carbocycles. The Balaban J connectivity index is 1.62. The third-order valence-electron chi connectivity index (χ3n) is 4.12. The molecule has 0 aliphatic carbocycles. The maximum absolute atomic E-state index is 12.5. The standard InChI is InChI=1S/C21H14Cl2N2O2/c1-12-2-4-13(5-3-12)21-25-18-11-15(7-9-19(18)27-21)24-20(26)16-10-14(22)6-8-17(16)23/h2-11H,1H3,(H,24,26). The van der Waals surface area contributed by atoms with Crippen LogP contribution in [0.15, 0.2) is 65.1 Å². The van der Waals surface area contributed by atoms with Gasteiger partial charge < -0.3 is 9.73 Å². The van der Waals surface area contributed by atoms with Crippen LogP contribution in [-0.2, 0) is 0 Å². The normalized spacial score (nSPS) is 10.9. The molecule has 4 aromatic rings. The van der Waals surface area contributed by atoms with Crippen molar-refractivity contribution in [2.45, 2.75) is 6.92 Å². The average Bonchev–Trinajstić information content (AvgIpc) is 3.07. The lowest BCUT2D eigenvalue weighted by Gasteiger charge is -2.07. The summed E-state index contributed by atoms with van der Waals surface area (Å²) < 4.78 is 5.81. The largest absolute Gasteiger partial charge is 0.436 e. The number of hydrogen-bond donors (Lipinski definition) is 1. The highest BCUT2D eigenvalue weighted by molar-refractivity contribution is 6.36. The van der Waals surface area contributed by atoms with Crippen LogP contribution in [0.25, 0.3) is 22.6 Å². The van der Waals surface area contributed by atoms with E-state index >= 15 is 0 Å². The molecule has 4 rings (SSSR count). The topological polar surface area (TPSA) is 55.1 Å². The number of anilines is 1. The van der Waals surface area contributed by atoms with Crippen molar-refractivity contribution in [3.05, 3.63) is 81.8 Å². The Morgan fingerprint density at radius 2 is 1.78 bits per heavy atom. The number of aromatic nitrogens is 1. The summed E-state index contributed by atoms with van der Waals surface area (Å²) in [5.74, 6) is 0.190. The average molecular weight is 397 g/mol. The SMILES string of the molecule is Cc1ccc(-c2nc3cc(NC(=O)c4cc(Cl)ccc4Cl)ccc3o2)cc1. The zero-order valence-electron chi connectivity index (χ0n) is 14.3. The van der Waals surface area contributed by atoms with E-state index in [0.29, 0.717) is 38.3 Å². The van der Waals surface area contributed by atoms with E-state index in [2.05, 4.69) is 10.3 Å². The van der Waals surface area contributed by atoms with Gasteiger partial charge in [-0.2, -0.15) is 0 Å². The van der Waals surface area contributed by atoms with Crippen molar-refractivity contribution in [2.24, 2.45) is 0 Å². The Bertz CT molecular complexity index is 1150. The second-order valence-corrected chi connectivity index (χ2v) is 6.99. The Morgan fingerprint density at radius 3 is 2.56 bits per heavy atom. The molecule has 0 radical (unpaired) electrons. The molecule has 0 aliphatic heterocycles. The minimum atomic E-state index is -0.343. The Hall–Kier alpha value is -2.82. The van der Waals surface area contributed by atoms with E-state index in [9.17, 15) is 4.79 Å². The molecular weight excluding hydrogens is 383 g/mol. The lowest BCUT2D eigenvalue weighted by atomic mass is 10.1. The van der Waals surface area contributed by atoms with E-state index in [0.717, 1.165) is 5.56 Å². The molecule has 0 unspecified atom stereocenters. The molecule has 0 saturated heterocycles. The maximum Gasteiger partial charge on any atom is 0.257 e. The van der Waals surface area contributed by atoms with Crippen LogP contribution in [0.3, 0.4) is 0 Å². The number of rotatable bonds is 3. The Kier molecular flexibility index (Phi) is 4.60. The number of benzene rings is 3. The second-order valence-electron chi connectivity index (χ2n) is 6.15. The van der Waals surface area contributed by atoms with Crippen LogP contribution in [0.2, 0.25) is 10.0 Å². The first-order chi connectivity index (χ1) is 13.0. The highest BCUT2D eigenvalue weighted by atomic mass is 35.5. The van der Waals surface area contributed by atoms with Gasteiger partial charge in [0, 0.05) is 16.3 Å². The van der Waals surface area contributed by atoms with Gasteiger partial charge in [0.1, 0.15) is 5.52 Å². The highest BCUT2D eigenvalue weighted by Gasteiger charge is 2.13. The van der Waals surface area contributed by atoms with Gasteiger partial charge in [-0.3, -0.25) is 4.79 Å². The van der Waals surface area contributed by atoms with E-state index in [1.165, 1.54) is 11.6 Å². The molecule has 6 heteroatoms. The molecule has 0 fully saturated rings. The first-order valence-corrected chi connectivity index (χ1v) is 8.99. The number of carbonyl (C=O) groups excluding carboxylic acids is 1. The van der Waals surface area contributed by atoms with Gasteiger partial charge in [0.25, 0.3) is 5.91 Å². The van der Waals surface area contributed by atoms with Crippen LogP contribution in [0, 0.1) is 6.92 Å². The Morgan fingerprint density at radius 1 is 1.00 bits per heavy atom. The van der Waals surface area contributed by atoms with Gasteiger partial charge in [0.05, 0.1) is 10.6 Å². The number of hydrogen-bond acceptors (Lipinski definition) is 3. The molecule has 4 nitrogen and oxygen atoms in total. The molecule has 1 heterocycles. The van der Waals surface area contributed by atoms with Crippen molar-refractivity contribution in [3.63, 3.8) is 0 Å². The van der Waals surface area contributed by atoms with Crippen LogP contribution in [0.4, 0.5) is 5.69 Å². The number of nitrogens with zero attached hydrogens (tertiary/aromatic N) is 1. The molecule has 0 atom stereocenters. The number of amides is 1. The van der Waals surface area contributed by atoms with Crippen molar-refractivity contribution in [3.8, 4) is 11.5 Å². The van der Waals surface area contributed by atoms with Crippen LogP contribution >= 0.6 is 23.2 Å². The predicted octanol–water partition coefficient (Wildman–Crippen LogP) is 6.36. The molecule has 1 amide bonds. The number of halogens is 2. The van der Waals surface area contributed by atoms with E-state index in [1.807, 2.05) is 31.2 Å². The lowest BCUT2D eigenvalue weighted by molar-refractivity contribution is 0.102. The van der Waals surface area contributed by atoms with Crippen molar-refractivity contribution < 1.29 is 9.21 Å². The van der Waals surface area contributed by atoms with Crippen molar-refractivity contribution in [1.82, 2.24) is 4.98 Å². The van der Waals surface area contributed by atoms with E-state index < -0.39 is 0 Å². The zero-order chi connectivity index (χ0) is 19.0. The zero-order valence-corrected chi connectivity index (χ0v) is 15.8. The summed E-state index contributed by atoms with van der Waals surface area (Å²) in [6, 6.07) is 18.0. The third kappa shape index (κ3) is 3.68. The smallest absolute Gasteiger partial charge is 0.257 e. The van der Waals surface area contributed by atoms with Gasteiger partial charge in [-0.15, -0.1) is 0 Å². The molecule has 134 valence electrons. The van der Waals surface area contributed by atoms with Crippen LogP contribution in [0.5, 0.6) is 0 Å². The minimum Gasteiger partial charge on any atom is -0.436 e. The molecule has 27 heavy (non-hydrogen) atoms. The van der Waals surface area contributed by atoms with Crippen molar-refractivity contribution >= 4 is 45.9 Å². The molecule has 0 spiro atoms. The first kappa shape index (κ1) is 17.6. The van der Waals surface area contributed by atoms with Crippen LogP contribution < -0.4 is 5.32 Å². The molecule has 0 aliphatic rings. The van der Waals surface area contributed by atoms with Gasteiger partial charge in [-0.05, 0) is 55.5 Å². The monoisotopic (exact) mass is 396 g/mol. The molecular formula is C21H14Cl2N2O2. The quantitative estimate of drug-likeness (QED) is 0.438. The number of oxazole rings is 1. The molecule has 0 saturated carbocycles. The maximum atomic E-state index is 12.5. The van der Waals surface area contributed by atoms with Crippen LogP contribution in [-0.4, -0.2) is 10.9 Å². The summed E-state index contributed by atoms with van der Waals surface area (Å²) in [6.07, 6.45) is 0. The van der Waals surface area contributed by atoms with E-state index in [4.69, 9.17) is 27.6 Å². The molecule has 1 N–H and O–H groups in total. The van der Waals surface area contributed by atoms with Crippen molar-refractivity contribution in [1.29, 1.82) is 0 Å². The molecule has 0 bridgehead atoms. The minimum absolute atomic E-state index is 0.310. The van der Waals surface area contributed by atoms with Gasteiger partial charge >= 0.3 is 0 Å². The molecule has 1 aromatic heterocycles. The van der Waals surface area contributed by atoms with Gasteiger partial charge in [0.2, 0.25) is 5.89 Å². The summed E-state index contributed by atoms with van der Waals surface area (Å²) in [7, 11) is 0. The lowest BCUT2D eigenvalue weighted by Crippen LogP contribution is -2.12. The summed E-state index contributed by atoms with van der Waals surface area (Å²) in [4.78, 5) is 17.0. The van der Waals surface area contributed by atoms with E-state index in [1.54, 1.807) is 30.3 Å². The van der Waals surface area contributed by atoms with Crippen molar-refractivity contribution in [2.75, 3.05) is 5.32 Å². The second kappa shape index (κ2) is 7.06. The summed E-state index contributed by atoms with van der Waals surface area (Å²) in [5, 5.41) is 3.59. The summed E-state index contributed by atoms with van der Waals surface area (Å²) >= 11 is 12.0. The van der Waals surface area contributed by atoms with Gasteiger partial charge in [-0.25, -0.2) is 4.98 Å². The van der Waals surface area contributed by atoms with Crippen LogP contribution in [0.1, 0.15) is 15.9 Å². The third-order valence-corrected chi connectivity index (χ3v) is 4.68. The summed E-state index contributed by atoms with van der Waals surface area (Å²) in [6.45, 7) is 2.02. The predicted molar refractivity (Wildman–Crippen MR) is 109 cm³/mol. The highest BCUT2D eigenvalue weighted by Crippen LogP contribution is 2.27. The number of aryl methyl sites for hydroxylation is 1.